The number of hydrogen-bond acceptors (Lipinski definition) is 5. The van der Waals surface area contributed by atoms with Crippen molar-refractivity contribution in [3.63, 3.8) is 0 Å². The van der Waals surface area contributed by atoms with Gasteiger partial charge in [0.1, 0.15) is 18.1 Å². The summed E-state index contributed by atoms with van der Waals surface area (Å²) in [5, 5.41) is 0. The standard InChI is InChI=1S/C24H26O5/c1-3-10-20(4-2)29-24(26)16-9-15-23(25)27-18-19-11-8-14-22(17-19)28-21-12-6-5-7-13-21/h5-8,11-14,17,20H,4,9,15-16,18H2,1-2H3. The first-order valence-electron chi connectivity index (χ1n) is 9.70. The Hall–Kier alpha value is -3.26. The average Bonchev–Trinajstić information content (AvgIpc) is 2.73. The second-order valence-corrected chi connectivity index (χ2v) is 6.36. The van der Waals surface area contributed by atoms with Crippen LogP contribution in [0.1, 0.15) is 45.1 Å². The summed E-state index contributed by atoms with van der Waals surface area (Å²) in [7, 11) is 0. The summed E-state index contributed by atoms with van der Waals surface area (Å²) >= 11 is 0. The Morgan fingerprint density at radius 1 is 0.966 bits per heavy atom. The largest absolute Gasteiger partial charge is 0.461 e. The van der Waals surface area contributed by atoms with Gasteiger partial charge in [-0.05, 0) is 49.6 Å². The molecule has 5 heteroatoms. The van der Waals surface area contributed by atoms with Crippen LogP contribution in [0.3, 0.4) is 0 Å². The Morgan fingerprint density at radius 3 is 2.41 bits per heavy atom. The van der Waals surface area contributed by atoms with Crippen molar-refractivity contribution in [2.75, 3.05) is 0 Å². The molecule has 1 unspecified atom stereocenters. The molecule has 0 spiro atoms. The van der Waals surface area contributed by atoms with Crippen LogP contribution in [0, 0.1) is 11.8 Å². The number of benzene rings is 2. The Balaban J connectivity index is 1.71. The molecule has 0 aliphatic carbocycles. The lowest BCUT2D eigenvalue weighted by molar-refractivity contribution is -0.147. The molecule has 0 fully saturated rings. The summed E-state index contributed by atoms with van der Waals surface area (Å²) in [6.45, 7) is 3.76. The lowest BCUT2D eigenvalue weighted by atomic mass is 10.2. The summed E-state index contributed by atoms with van der Waals surface area (Å²) in [5.74, 6) is 6.27. The second-order valence-electron chi connectivity index (χ2n) is 6.36. The zero-order valence-electron chi connectivity index (χ0n) is 16.9. The molecule has 0 saturated carbocycles. The molecule has 152 valence electrons. The fraction of sp³-hybridized carbons (Fsp3) is 0.333. The normalized spacial score (nSPS) is 11.0. The van der Waals surface area contributed by atoms with Gasteiger partial charge in [0.05, 0.1) is 0 Å². The van der Waals surface area contributed by atoms with Crippen LogP contribution < -0.4 is 4.74 Å². The molecule has 0 saturated heterocycles. The van der Waals surface area contributed by atoms with Crippen LogP contribution in [-0.2, 0) is 25.7 Å². The minimum Gasteiger partial charge on any atom is -0.461 e. The van der Waals surface area contributed by atoms with Gasteiger partial charge in [-0.3, -0.25) is 9.59 Å². The molecule has 0 aromatic heterocycles. The van der Waals surface area contributed by atoms with Crippen molar-refractivity contribution in [2.45, 2.75) is 52.2 Å². The number of esters is 2. The monoisotopic (exact) mass is 394 g/mol. The number of carbonyl (C=O) groups excluding carboxylic acids is 2. The first kappa shape index (κ1) is 22.0. The van der Waals surface area contributed by atoms with E-state index < -0.39 is 0 Å². The van der Waals surface area contributed by atoms with Crippen molar-refractivity contribution in [1.29, 1.82) is 0 Å². The van der Waals surface area contributed by atoms with Gasteiger partial charge in [0.25, 0.3) is 0 Å². The first-order valence-corrected chi connectivity index (χ1v) is 9.70. The molecule has 0 N–H and O–H groups in total. The van der Waals surface area contributed by atoms with Crippen LogP contribution in [0.15, 0.2) is 54.6 Å². The first-order chi connectivity index (χ1) is 14.1. The molecule has 0 amide bonds. The van der Waals surface area contributed by atoms with Crippen molar-refractivity contribution in [3.05, 3.63) is 60.2 Å². The molecule has 29 heavy (non-hydrogen) atoms. The molecule has 2 aromatic carbocycles. The van der Waals surface area contributed by atoms with E-state index in [1.807, 2.05) is 61.5 Å². The molecule has 2 rings (SSSR count). The van der Waals surface area contributed by atoms with E-state index in [-0.39, 0.29) is 37.5 Å². The molecule has 1 atom stereocenters. The molecule has 5 nitrogen and oxygen atoms in total. The highest BCUT2D eigenvalue weighted by Crippen LogP contribution is 2.22. The Bertz CT molecular complexity index is 848. The maximum atomic E-state index is 11.9. The van der Waals surface area contributed by atoms with E-state index in [1.165, 1.54) is 0 Å². The topological polar surface area (TPSA) is 61.8 Å². The van der Waals surface area contributed by atoms with E-state index in [9.17, 15) is 9.59 Å². The van der Waals surface area contributed by atoms with Gasteiger partial charge in [0, 0.05) is 12.8 Å². The summed E-state index contributed by atoms with van der Waals surface area (Å²) < 4.78 is 16.3. The van der Waals surface area contributed by atoms with Crippen LogP contribution in [0.5, 0.6) is 11.5 Å². The molecule has 0 bridgehead atoms. The SMILES string of the molecule is CC#CC(CC)OC(=O)CCCC(=O)OCc1cccc(Oc2ccccc2)c1. The maximum Gasteiger partial charge on any atom is 0.307 e. The second kappa shape index (κ2) is 12.2. The van der Waals surface area contributed by atoms with Crippen LogP contribution in [-0.4, -0.2) is 18.0 Å². The van der Waals surface area contributed by atoms with Crippen molar-refractivity contribution >= 4 is 11.9 Å². The van der Waals surface area contributed by atoms with Crippen LogP contribution >= 0.6 is 0 Å². The van der Waals surface area contributed by atoms with Crippen LogP contribution in [0.4, 0.5) is 0 Å². The summed E-state index contributed by atoms with van der Waals surface area (Å²) in [6, 6.07) is 16.8. The Morgan fingerprint density at radius 2 is 1.69 bits per heavy atom. The molecule has 0 heterocycles. The van der Waals surface area contributed by atoms with Crippen LogP contribution in [0.2, 0.25) is 0 Å². The predicted molar refractivity (Wildman–Crippen MR) is 110 cm³/mol. The van der Waals surface area contributed by atoms with Gasteiger partial charge in [-0.2, -0.15) is 0 Å². The average molecular weight is 394 g/mol. The van der Waals surface area contributed by atoms with E-state index in [2.05, 4.69) is 11.8 Å². The minimum absolute atomic E-state index is 0.152. The lowest BCUT2D eigenvalue weighted by Crippen LogP contribution is -2.16. The molecular formula is C24H26O5. The van der Waals surface area contributed by atoms with Crippen molar-refractivity contribution in [3.8, 4) is 23.3 Å². The molecular weight excluding hydrogens is 368 g/mol. The van der Waals surface area contributed by atoms with E-state index in [4.69, 9.17) is 14.2 Å². The molecule has 2 aromatic rings. The highest BCUT2D eigenvalue weighted by Gasteiger charge is 2.11. The smallest absolute Gasteiger partial charge is 0.307 e. The number of ether oxygens (including phenoxy) is 3. The highest BCUT2D eigenvalue weighted by atomic mass is 16.5. The Labute approximate surface area is 172 Å². The third kappa shape index (κ3) is 8.52. The van der Waals surface area contributed by atoms with Gasteiger partial charge < -0.3 is 14.2 Å². The fourth-order valence-corrected chi connectivity index (χ4v) is 2.53. The van der Waals surface area contributed by atoms with Crippen molar-refractivity contribution in [2.24, 2.45) is 0 Å². The minimum atomic E-state index is -0.384. The number of hydrogen-bond donors (Lipinski definition) is 0. The molecule has 0 aliphatic heterocycles. The highest BCUT2D eigenvalue weighted by molar-refractivity contribution is 5.72. The van der Waals surface area contributed by atoms with Gasteiger partial charge in [-0.25, -0.2) is 0 Å². The summed E-state index contributed by atoms with van der Waals surface area (Å²) in [4.78, 5) is 23.7. The van der Waals surface area contributed by atoms with Crippen LogP contribution in [0.25, 0.3) is 0 Å². The predicted octanol–water partition coefficient (Wildman–Crippen LogP) is 5.04. The zero-order chi connectivity index (χ0) is 20.9. The van der Waals surface area contributed by atoms with Crippen molar-refractivity contribution in [1.82, 2.24) is 0 Å². The van der Waals surface area contributed by atoms with Gasteiger partial charge in [0.2, 0.25) is 0 Å². The number of carbonyl (C=O) groups is 2. The van der Waals surface area contributed by atoms with E-state index >= 15 is 0 Å². The summed E-state index contributed by atoms with van der Waals surface area (Å²) in [6.07, 6.45) is 0.958. The van der Waals surface area contributed by atoms with Gasteiger partial charge >= 0.3 is 11.9 Å². The molecule has 0 radical (unpaired) electrons. The van der Waals surface area contributed by atoms with Gasteiger partial charge in [-0.15, -0.1) is 5.92 Å². The number of para-hydroxylation sites is 1. The summed E-state index contributed by atoms with van der Waals surface area (Å²) in [5.41, 5.74) is 0.829. The van der Waals surface area contributed by atoms with Crippen molar-refractivity contribution < 1.29 is 23.8 Å². The van der Waals surface area contributed by atoms with Gasteiger partial charge in [0.15, 0.2) is 6.10 Å². The lowest BCUT2D eigenvalue weighted by Gasteiger charge is -2.10. The number of rotatable bonds is 10. The van der Waals surface area contributed by atoms with Gasteiger partial charge in [-0.1, -0.05) is 43.2 Å². The van der Waals surface area contributed by atoms with E-state index in [0.717, 1.165) is 11.3 Å². The molecule has 0 aliphatic rings. The maximum absolute atomic E-state index is 11.9. The third-order valence-corrected chi connectivity index (χ3v) is 3.99. The Kier molecular flexibility index (Phi) is 9.31. The quantitative estimate of drug-likeness (QED) is 0.417. The van der Waals surface area contributed by atoms with E-state index in [1.54, 1.807) is 6.92 Å². The van der Waals surface area contributed by atoms with E-state index in [0.29, 0.717) is 18.6 Å². The third-order valence-electron chi connectivity index (χ3n) is 3.99. The fourth-order valence-electron chi connectivity index (χ4n) is 2.53. The zero-order valence-corrected chi connectivity index (χ0v) is 16.9.